The molecule has 0 fully saturated rings. The highest BCUT2D eigenvalue weighted by atomic mass is 19.2. The number of hydrogen-bond acceptors (Lipinski definition) is 3. The quantitative estimate of drug-likeness (QED) is 0.0806. The Morgan fingerprint density at radius 3 is 2.32 bits per heavy atom. The lowest BCUT2D eigenvalue weighted by Gasteiger charge is -2.23. The van der Waals surface area contributed by atoms with Gasteiger partial charge in [0.25, 0.3) is 0 Å². The van der Waals surface area contributed by atoms with Crippen molar-refractivity contribution in [3.8, 4) is 0 Å². The standard InChI is InChI=1S/C24H35F4NO2/c1-19(17-23(27)24(28)18-22(26)21(3)25)11-7-5-6-10-15-31-16-12-20(2)29(4)13-8-9-14-30/h8-9,14,17-18,20H,1,5-7,10-13,15-16H2,2-4H3/b9-8-,22-21-,23-17-,24-18+. The molecule has 0 aromatic carbocycles. The van der Waals surface area contributed by atoms with Gasteiger partial charge >= 0.3 is 0 Å². The van der Waals surface area contributed by atoms with E-state index in [2.05, 4.69) is 18.4 Å². The van der Waals surface area contributed by atoms with E-state index >= 15 is 0 Å². The molecular weight excluding hydrogens is 410 g/mol. The SMILES string of the molecule is C=C(/C=C(F)/C(F)=C\C(F)=C(/C)F)CCCCCCOCCC(C)N(C)C/C=C\C=O. The fourth-order valence-electron chi connectivity index (χ4n) is 2.55. The number of rotatable bonds is 17. The lowest BCUT2D eigenvalue weighted by molar-refractivity contribution is -0.104. The zero-order chi connectivity index (χ0) is 23.6. The average molecular weight is 446 g/mol. The number of likely N-dealkylation sites (N-methyl/N-ethyl adjacent to an activating group) is 1. The van der Waals surface area contributed by atoms with Crippen molar-refractivity contribution in [2.75, 3.05) is 26.8 Å². The van der Waals surface area contributed by atoms with E-state index in [0.717, 1.165) is 57.9 Å². The number of hydrogen-bond donors (Lipinski definition) is 0. The molecule has 0 saturated heterocycles. The van der Waals surface area contributed by atoms with Gasteiger partial charge < -0.3 is 4.74 Å². The lowest BCUT2D eigenvalue weighted by atomic mass is 10.1. The minimum absolute atomic E-state index is 0.179. The Morgan fingerprint density at radius 2 is 1.68 bits per heavy atom. The van der Waals surface area contributed by atoms with Crippen molar-refractivity contribution >= 4 is 6.29 Å². The summed E-state index contributed by atoms with van der Waals surface area (Å²) < 4.78 is 58.2. The minimum atomic E-state index is -1.47. The maximum Gasteiger partial charge on any atom is 0.161 e. The second-order valence-electron chi connectivity index (χ2n) is 7.44. The van der Waals surface area contributed by atoms with Crippen molar-refractivity contribution in [1.82, 2.24) is 4.90 Å². The molecular formula is C24H35F4NO2. The summed E-state index contributed by atoms with van der Waals surface area (Å²) in [6.07, 6.45) is 10.1. The van der Waals surface area contributed by atoms with Crippen LogP contribution in [0.25, 0.3) is 0 Å². The number of nitrogens with zero attached hydrogens (tertiary/aromatic N) is 1. The van der Waals surface area contributed by atoms with Gasteiger partial charge in [0.2, 0.25) is 0 Å². The van der Waals surface area contributed by atoms with Crippen LogP contribution in [0.3, 0.4) is 0 Å². The van der Waals surface area contributed by atoms with E-state index in [4.69, 9.17) is 4.74 Å². The molecule has 176 valence electrons. The van der Waals surface area contributed by atoms with Gasteiger partial charge in [-0.3, -0.25) is 9.69 Å². The van der Waals surface area contributed by atoms with Gasteiger partial charge in [0.1, 0.15) is 12.1 Å². The van der Waals surface area contributed by atoms with Crippen molar-refractivity contribution in [2.24, 2.45) is 0 Å². The molecule has 1 atom stereocenters. The van der Waals surface area contributed by atoms with Crippen molar-refractivity contribution in [3.63, 3.8) is 0 Å². The first-order valence-corrected chi connectivity index (χ1v) is 10.5. The third kappa shape index (κ3) is 15.5. The smallest absolute Gasteiger partial charge is 0.161 e. The van der Waals surface area contributed by atoms with Gasteiger partial charge in [-0.1, -0.05) is 31.1 Å². The summed E-state index contributed by atoms with van der Waals surface area (Å²) in [5, 5.41) is 0. The van der Waals surface area contributed by atoms with Crippen LogP contribution in [0.5, 0.6) is 0 Å². The predicted molar refractivity (Wildman–Crippen MR) is 118 cm³/mol. The third-order valence-corrected chi connectivity index (χ3v) is 4.72. The maximum absolute atomic E-state index is 13.6. The van der Waals surface area contributed by atoms with Crippen molar-refractivity contribution in [2.45, 2.75) is 58.4 Å². The number of ether oxygens (including phenoxy) is 1. The molecule has 7 heteroatoms. The Labute approximate surface area is 183 Å². The Hall–Kier alpha value is -1.99. The summed E-state index contributed by atoms with van der Waals surface area (Å²) in [6, 6.07) is 0.351. The van der Waals surface area contributed by atoms with E-state index in [0.29, 0.717) is 31.2 Å². The van der Waals surface area contributed by atoms with Crippen LogP contribution >= 0.6 is 0 Å². The number of allylic oxidation sites excluding steroid dienone is 8. The molecule has 0 saturated carbocycles. The van der Waals surface area contributed by atoms with E-state index < -0.39 is 23.3 Å². The molecule has 0 amide bonds. The Kier molecular flexibility index (Phi) is 16.5. The first-order chi connectivity index (χ1) is 14.7. The monoisotopic (exact) mass is 445 g/mol. The maximum atomic E-state index is 13.6. The Morgan fingerprint density at radius 1 is 1.03 bits per heavy atom. The highest BCUT2D eigenvalue weighted by molar-refractivity contribution is 5.64. The van der Waals surface area contributed by atoms with Crippen LogP contribution < -0.4 is 0 Å². The van der Waals surface area contributed by atoms with Gasteiger partial charge in [-0.25, -0.2) is 17.6 Å². The minimum Gasteiger partial charge on any atom is -0.381 e. The molecule has 0 rings (SSSR count). The molecule has 0 N–H and O–H groups in total. The molecule has 3 nitrogen and oxygen atoms in total. The molecule has 0 aliphatic carbocycles. The van der Waals surface area contributed by atoms with Crippen molar-refractivity contribution < 1.29 is 27.1 Å². The van der Waals surface area contributed by atoms with Crippen LogP contribution in [0.1, 0.15) is 52.4 Å². The molecule has 0 spiro atoms. The van der Waals surface area contributed by atoms with Crippen LogP contribution in [-0.2, 0) is 9.53 Å². The molecule has 0 bridgehead atoms. The van der Waals surface area contributed by atoms with E-state index in [1.54, 1.807) is 0 Å². The fraction of sp³-hybridized carbons (Fsp3) is 0.542. The van der Waals surface area contributed by atoms with Gasteiger partial charge in [0.05, 0.1) is 0 Å². The van der Waals surface area contributed by atoms with Crippen LogP contribution in [0.15, 0.2) is 59.8 Å². The third-order valence-electron chi connectivity index (χ3n) is 4.72. The van der Waals surface area contributed by atoms with E-state index in [9.17, 15) is 22.4 Å². The van der Waals surface area contributed by atoms with E-state index in [1.807, 2.05) is 13.1 Å². The van der Waals surface area contributed by atoms with E-state index in [-0.39, 0.29) is 6.08 Å². The first-order valence-electron chi connectivity index (χ1n) is 10.5. The lowest BCUT2D eigenvalue weighted by Crippen LogP contribution is -2.30. The van der Waals surface area contributed by atoms with Crippen LogP contribution in [0.4, 0.5) is 17.6 Å². The zero-order valence-corrected chi connectivity index (χ0v) is 18.8. The fourth-order valence-corrected chi connectivity index (χ4v) is 2.55. The van der Waals surface area contributed by atoms with Crippen molar-refractivity contribution in [1.29, 1.82) is 0 Å². The molecule has 0 aromatic rings. The first kappa shape index (κ1) is 29.0. The molecule has 0 radical (unpaired) electrons. The second-order valence-corrected chi connectivity index (χ2v) is 7.44. The zero-order valence-electron chi connectivity index (χ0n) is 18.8. The molecule has 0 aliphatic rings. The van der Waals surface area contributed by atoms with Gasteiger partial charge in [-0.2, -0.15) is 0 Å². The highest BCUT2D eigenvalue weighted by Gasteiger charge is 2.08. The summed E-state index contributed by atoms with van der Waals surface area (Å²) in [6.45, 7) is 8.65. The van der Waals surface area contributed by atoms with Crippen molar-refractivity contribution in [3.05, 3.63) is 59.8 Å². The second kappa shape index (κ2) is 17.7. The van der Waals surface area contributed by atoms with Gasteiger partial charge in [-0.15, -0.1) is 0 Å². The topological polar surface area (TPSA) is 29.5 Å². The van der Waals surface area contributed by atoms with E-state index in [1.165, 1.54) is 6.08 Å². The average Bonchev–Trinajstić information content (AvgIpc) is 2.72. The molecule has 1 unspecified atom stereocenters. The summed E-state index contributed by atoms with van der Waals surface area (Å²) in [5.41, 5.74) is 0.389. The molecule has 0 heterocycles. The highest BCUT2D eigenvalue weighted by Crippen LogP contribution is 2.21. The Balaban J connectivity index is 3.89. The van der Waals surface area contributed by atoms with Crippen LogP contribution in [-0.4, -0.2) is 44.0 Å². The van der Waals surface area contributed by atoms with Gasteiger partial charge in [0.15, 0.2) is 17.5 Å². The summed E-state index contributed by atoms with van der Waals surface area (Å²) in [5.74, 6) is -5.39. The molecule has 0 aliphatic heterocycles. The summed E-state index contributed by atoms with van der Waals surface area (Å²) >= 11 is 0. The summed E-state index contributed by atoms with van der Waals surface area (Å²) in [4.78, 5) is 12.4. The van der Waals surface area contributed by atoms with Gasteiger partial charge in [0, 0.05) is 31.9 Å². The Bertz CT molecular complexity index is 664. The van der Waals surface area contributed by atoms with Crippen LogP contribution in [0.2, 0.25) is 0 Å². The largest absolute Gasteiger partial charge is 0.381 e. The molecule has 31 heavy (non-hydrogen) atoms. The number of carbonyl (C=O) groups is 1. The normalized spacial score (nSPS) is 14.8. The molecule has 0 aromatic heterocycles. The predicted octanol–water partition coefficient (Wildman–Crippen LogP) is 6.85. The number of aldehydes is 1. The number of carbonyl (C=O) groups excluding carboxylic acids is 1. The number of unbranched alkanes of at least 4 members (excludes halogenated alkanes) is 3. The summed E-state index contributed by atoms with van der Waals surface area (Å²) in [7, 11) is 2.00. The number of halogens is 4. The van der Waals surface area contributed by atoms with Gasteiger partial charge in [-0.05, 0) is 58.7 Å². The van der Waals surface area contributed by atoms with Crippen LogP contribution in [0, 0.1) is 0 Å².